The van der Waals surface area contributed by atoms with E-state index >= 15 is 0 Å². The Kier molecular flexibility index (Phi) is 4.98. The van der Waals surface area contributed by atoms with Crippen LogP contribution in [-0.4, -0.2) is 56.9 Å². The lowest BCUT2D eigenvalue weighted by molar-refractivity contribution is -0.131. The van der Waals surface area contributed by atoms with Crippen LogP contribution in [0.1, 0.15) is 43.6 Å². The fourth-order valence-corrected chi connectivity index (χ4v) is 5.55. The quantitative estimate of drug-likeness (QED) is 0.502. The minimum absolute atomic E-state index is 0.0259. The van der Waals surface area contributed by atoms with E-state index in [0.717, 1.165) is 31.2 Å². The third kappa shape index (κ3) is 4.16. The van der Waals surface area contributed by atoms with Crippen molar-refractivity contribution in [1.29, 1.82) is 0 Å². The van der Waals surface area contributed by atoms with E-state index in [-0.39, 0.29) is 41.0 Å². The molecule has 2 amide bonds. The number of hydrogen-bond acceptors (Lipinski definition) is 7. The predicted molar refractivity (Wildman–Crippen MR) is 115 cm³/mol. The fraction of sp³-hybridized carbons (Fsp3) is 0.619. The van der Waals surface area contributed by atoms with Crippen LogP contribution in [0.4, 0.5) is 5.69 Å². The van der Waals surface area contributed by atoms with Gasteiger partial charge in [-0.15, -0.1) is 0 Å². The Morgan fingerprint density at radius 3 is 2.58 bits per heavy atom. The highest BCUT2D eigenvalue weighted by Gasteiger charge is 2.49. The standard InChI is InChI=1S/C21H29N5O4S/c1-26-21(28)18-15(10-17(23-19(18)25-26)24-20(27)12-5-6-12)22-14-8-7-13(11-3-4-11)9-16(14)31(2,29)30/h7-9,11-12,15,17-19,22-23,25H,3-6,10H2,1-2H3,(H,24,27). The molecule has 5 rings (SSSR count). The summed E-state index contributed by atoms with van der Waals surface area (Å²) in [6.07, 6.45) is 5.02. The second-order valence-corrected chi connectivity index (χ2v) is 11.3. The molecule has 2 saturated heterocycles. The van der Waals surface area contributed by atoms with Crippen molar-refractivity contribution < 1.29 is 18.0 Å². The number of nitrogens with zero attached hydrogens (tertiary/aromatic N) is 1. The van der Waals surface area contributed by atoms with Crippen molar-refractivity contribution in [2.75, 3.05) is 18.6 Å². The van der Waals surface area contributed by atoms with Gasteiger partial charge in [-0.2, -0.15) is 0 Å². The summed E-state index contributed by atoms with van der Waals surface area (Å²) < 4.78 is 25.1. The number of amides is 2. The average Bonchev–Trinajstić information content (AvgIpc) is 3.60. The molecule has 168 valence electrons. The van der Waals surface area contributed by atoms with Crippen molar-refractivity contribution in [3.8, 4) is 0 Å². The summed E-state index contributed by atoms with van der Waals surface area (Å²) in [4.78, 5) is 25.4. The zero-order chi connectivity index (χ0) is 21.9. The van der Waals surface area contributed by atoms with Crippen LogP contribution in [0, 0.1) is 11.8 Å². The highest BCUT2D eigenvalue weighted by Crippen LogP contribution is 2.42. The van der Waals surface area contributed by atoms with E-state index in [9.17, 15) is 18.0 Å². The Bertz CT molecular complexity index is 1020. The SMILES string of the molecule is CN1NC2NC(NC(=O)C3CC3)CC(Nc3ccc(C4CC4)cc3S(C)(=O)=O)C2C1=O. The van der Waals surface area contributed by atoms with Crippen molar-refractivity contribution in [2.45, 2.75) is 61.3 Å². The van der Waals surface area contributed by atoms with Crippen LogP contribution in [0.15, 0.2) is 23.1 Å². The number of sulfone groups is 1. The third-order valence-electron chi connectivity index (χ3n) is 6.67. The monoisotopic (exact) mass is 447 g/mol. The molecule has 4 N–H and O–H groups in total. The molecule has 4 atom stereocenters. The summed E-state index contributed by atoms with van der Waals surface area (Å²) in [5, 5.41) is 11.2. The van der Waals surface area contributed by atoms with Crippen LogP contribution in [0.5, 0.6) is 0 Å². The minimum Gasteiger partial charge on any atom is -0.380 e. The maximum absolute atomic E-state index is 12.8. The first-order valence-corrected chi connectivity index (χ1v) is 12.8. The molecule has 0 radical (unpaired) electrons. The first-order valence-electron chi connectivity index (χ1n) is 10.9. The molecule has 0 aromatic heterocycles. The number of benzene rings is 1. The summed E-state index contributed by atoms with van der Waals surface area (Å²) in [5.41, 5.74) is 4.66. The zero-order valence-electron chi connectivity index (χ0n) is 17.7. The molecule has 9 nitrogen and oxygen atoms in total. The number of piperidine rings is 1. The van der Waals surface area contributed by atoms with Gasteiger partial charge in [0.2, 0.25) is 11.8 Å². The van der Waals surface area contributed by atoms with E-state index in [1.807, 2.05) is 12.1 Å². The van der Waals surface area contributed by atoms with Crippen molar-refractivity contribution in [3.05, 3.63) is 23.8 Å². The van der Waals surface area contributed by atoms with Gasteiger partial charge < -0.3 is 10.6 Å². The Hall–Kier alpha value is -2.17. The summed E-state index contributed by atoms with van der Waals surface area (Å²) >= 11 is 0. The number of hydrogen-bond donors (Lipinski definition) is 4. The smallest absolute Gasteiger partial charge is 0.244 e. The third-order valence-corrected chi connectivity index (χ3v) is 7.81. The van der Waals surface area contributed by atoms with Crippen molar-refractivity contribution in [2.24, 2.45) is 11.8 Å². The first kappa shape index (κ1) is 20.7. The lowest BCUT2D eigenvalue weighted by Gasteiger charge is -2.38. The van der Waals surface area contributed by atoms with Gasteiger partial charge in [0.25, 0.3) is 0 Å². The number of fused-ring (bicyclic) bond motifs is 1. The molecule has 0 bridgehead atoms. The van der Waals surface area contributed by atoms with Gasteiger partial charge >= 0.3 is 0 Å². The zero-order valence-corrected chi connectivity index (χ0v) is 18.5. The van der Waals surface area contributed by atoms with Crippen LogP contribution in [0.25, 0.3) is 0 Å². The molecule has 2 saturated carbocycles. The van der Waals surface area contributed by atoms with Crippen LogP contribution >= 0.6 is 0 Å². The fourth-order valence-electron chi connectivity index (χ4n) is 4.67. The molecule has 10 heteroatoms. The number of nitrogens with one attached hydrogen (secondary N) is 4. The molecule has 4 unspecified atom stereocenters. The number of rotatable bonds is 6. The maximum atomic E-state index is 12.8. The first-order chi connectivity index (χ1) is 14.7. The van der Waals surface area contributed by atoms with Crippen LogP contribution in [0.3, 0.4) is 0 Å². The highest BCUT2D eigenvalue weighted by atomic mass is 32.2. The molecule has 4 fully saturated rings. The van der Waals surface area contributed by atoms with Gasteiger partial charge in [-0.1, -0.05) is 6.07 Å². The van der Waals surface area contributed by atoms with E-state index in [0.29, 0.717) is 18.0 Å². The number of carbonyl (C=O) groups is 2. The van der Waals surface area contributed by atoms with E-state index in [1.165, 1.54) is 11.3 Å². The summed E-state index contributed by atoms with van der Waals surface area (Å²) in [5.74, 6) is 0.0535. The van der Waals surface area contributed by atoms with Crippen molar-refractivity contribution in [3.63, 3.8) is 0 Å². The highest BCUT2D eigenvalue weighted by molar-refractivity contribution is 7.90. The van der Waals surface area contributed by atoms with Gasteiger partial charge in [0, 0.05) is 31.7 Å². The molecule has 4 aliphatic rings. The molecule has 2 aliphatic carbocycles. The largest absolute Gasteiger partial charge is 0.380 e. The van der Waals surface area contributed by atoms with Gasteiger partial charge in [0.1, 0.15) is 0 Å². The predicted octanol–water partition coefficient (Wildman–Crippen LogP) is 0.513. The van der Waals surface area contributed by atoms with Gasteiger partial charge in [0.15, 0.2) is 9.84 Å². The van der Waals surface area contributed by atoms with Gasteiger partial charge in [0.05, 0.1) is 28.8 Å². The second-order valence-electron chi connectivity index (χ2n) is 9.32. The number of carbonyl (C=O) groups excluding carboxylic acids is 2. The molecule has 1 aromatic rings. The molecule has 31 heavy (non-hydrogen) atoms. The molecule has 1 aromatic carbocycles. The summed E-state index contributed by atoms with van der Waals surface area (Å²) in [6, 6.07) is 5.21. The van der Waals surface area contributed by atoms with Gasteiger partial charge in [-0.05, 0) is 49.3 Å². The van der Waals surface area contributed by atoms with Crippen LogP contribution in [-0.2, 0) is 19.4 Å². The van der Waals surface area contributed by atoms with Gasteiger partial charge in [-0.3, -0.25) is 19.9 Å². The number of hydrazine groups is 1. The Balaban J connectivity index is 1.42. The summed E-state index contributed by atoms with van der Waals surface area (Å²) in [7, 11) is -1.78. The number of anilines is 1. The summed E-state index contributed by atoms with van der Waals surface area (Å²) in [6.45, 7) is 0. The minimum atomic E-state index is -3.45. The van der Waals surface area contributed by atoms with E-state index in [1.54, 1.807) is 13.1 Å². The van der Waals surface area contributed by atoms with Crippen LogP contribution < -0.4 is 21.4 Å². The molecule has 0 spiro atoms. The van der Waals surface area contributed by atoms with E-state index < -0.39 is 15.8 Å². The Labute approximate surface area is 182 Å². The molecular formula is C21H29N5O4S. The molecular weight excluding hydrogens is 418 g/mol. The topological polar surface area (TPSA) is 120 Å². The normalized spacial score (nSPS) is 30.8. The van der Waals surface area contributed by atoms with E-state index in [4.69, 9.17) is 0 Å². The lowest BCUT2D eigenvalue weighted by atomic mass is 9.88. The second kappa shape index (κ2) is 7.46. The Morgan fingerprint density at radius 1 is 1.19 bits per heavy atom. The van der Waals surface area contributed by atoms with Gasteiger partial charge in [-0.25, -0.2) is 13.8 Å². The van der Waals surface area contributed by atoms with Crippen molar-refractivity contribution in [1.82, 2.24) is 21.1 Å². The van der Waals surface area contributed by atoms with E-state index in [2.05, 4.69) is 21.4 Å². The maximum Gasteiger partial charge on any atom is 0.244 e. The average molecular weight is 448 g/mol. The molecule has 2 heterocycles. The van der Waals surface area contributed by atoms with Crippen LogP contribution in [0.2, 0.25) is 0 Å². The molecule has 2 aliphatic heterocycles. The lowest BCUT2D eigenvalue weighted by Crippen LogP contribution is -2.63. The van der Waals surface area contributed by atoms with Crippen molar-refractivity contribution >= 4 is 27.3 Å². The Morgan fingerprint density at radius 2 is 1.94 bits per heavy atom.